The van der Waals surface area contributed by atoms with Crippen molar-refractivity contribution in [2.24, 2.45) is 0 Å². The van der Waals surface area contributed by atoms with Crippen molar-refractivity contribution in [3.8, 4) is 17.0 Å². The molecule has 0 aliphatic heterocycles. The van der Waals surface area contributed by atoms with E-state index in [1.165, 1.54) is 11.3 Å². The van der Waals surface area contributed by atoms with Crippen LogP contribution < -0.4 is 10.1 Å². The Morgan fingerprint density at radius 1 is 0.970 bits per heavy atom. The molecule has 0 saturated heterocycles. The number of rotatable bonds is 7. The van der Waals surface area contributed by atoms with E-state index in [0.29, 0.717) is 17.3 Å². The highest BCUT2D eigenvalue weighted by molar-refractivity contribution is 7.15. The molecule has 0 radical (unpaired) electrons. The van der Waals surface area contributed by atoms with E-state index >= 15 is 0 Å². The van der Waals surface area contributed by atoms with E-state index < -0.39 is 0 Å². The number of amides is 1. The molecule has 3 aromatic carbocycles. The first-order valence-electron chi connectivity index (χ1n) is 10.6. The molecule has 0 aliphatic rings. The van der Waals surface area contributed by atoms with Crippen LogP contribution in [0.5, 0.6) is 5.75 Å². The van der Waals surface area contributed by atoms with Gasteiger partial charge in [-0.05, 0) is 23.3 Å². The van der Waals surface area contributed by atoms with E-state index in [9.17, 15) is 4.79 Å². The van der Waals surface area contributed by atoms with Crippen LogP contribution >= 0.6 is 11.3 Å². The summed E-state index contributed by atoms with van der Waals surface area (Å²) in [5.41, 5.74) is 3.97. The summed E-state index contributed by atoms with van der Waals surface area (Å²) in [4.78, 5) is 18.2. The first-order chi connectivity index (χ1) is 16.2. The molecule has 0 saturated carbocycles. The van der Waals surface area contributed by atoms with Crippen LogP contribution in [0.25, 0.3) is 16.2 Å². The molecule has 0 spiro atoms. The second-order valence-electron chi connectivity index (χ2n) is 7.58. The third kappa shape index (κ3) is 4.36. The number of thiazole rings is 1. The highest BCUT2D eigenvalue weighted by atomic mass is 32.1. The van der Waals surface area contributed by atoms with Gasteiger partial charge in [0.1, 0.15) is 5.75 Å². The maximum Gasteiger partial charge on any atom is 0.250 e. The van der Waals surface area contributed by atoms with Crippen LogP contribution in [0, 0.1) is 0 Å². The molecule has 2 heterocycles. The quantitative estimate of drug-likeness (QED) is 0.346. The number of ether oxygens (including phenoxy) is 1. The zero-order chi connectivity index (χ0) is 22.6. The lowest BCUT2D eigenvalue weighted by atomic mass is 9.88. The van der Waals surface area contributed by atoms with E-state index in [0.717, 1.165) is 28.1 Å². The number of nitrogens with one attached hydrogen (secondary N) is 1. The summed E-state index contributed by atoms with van der Waals surface area (Å²) in [7, 11) is 1.64. The molecular formula is C26H22N4O2S. The minimum Gasteiger partial charge on any atom is -0.496 e. The summed E-state index contributed by atoms with van der Waals surface area (Å²) in [5, 5.41) is 9.42. The molecule has 0 aliphatic carbocycles. The molecule has 0 fully saturated rings. The highest BCUT2D eigenvalue weighted by Crippen LogP contribution is 2.33. The fourth-order valence-corrected chi connectivity index (χ4v) is 4.76. The standard InChI is InChI=1S/C26H22N4O2S/c1-32-23-15-9-8-14-20(23)22-17-33-26-28-25(29-30(22)26)27-24(31)16-21(18-10-4-2-5-11-18)19-12-6-3-7-13-19/h2-15,17,21H,16H2,1H3,(H,27,29,31). The van der Waals surface area contributed by atoms with Gasteiger partial charge in [-0.25, -0.2) is 4.52 Å². The van der Waals surface area contributed by atoms with Crippen LogP contribution in [0.15, 0.2) is 90.3 Å². The summed E-state index contributed by atoms with van der Waals surface area (Å²) in [6.45, 7) is 0. The molecule has 1 N–H and O–H groups in total. The topological polar surface area (TPSA) is 68.5 Å². The van der Waals surface area contributed by atoms with Gasteiger partial charge in [0.05, 0.1) is 12.8 Å². The molecule has 0 bridgehead atoms. The first kappa shape index (κ1) is 20.9. The molecule has 7 heteroatoms. The summed E-state index contributed by atoms with van der Waals surface area (Å²) in [5.74, 6) is 0.861. The van der Waals surface area contributed by atoms with Gasteiger partial charge in [-0.1, -0.05) is 72.8 Å². The molecule has 0 unspecified atom stereocenters. The van der Waals surface area contributed by atoms with Crippen molar-refractivity contribution in [2.75, 3.05) is 12.4 Å². The van der Waals surface area contributed by atoms with E-state index in [4.69, 9.17) is 4.74 Å². The number of benzene rings is 3. The molecule has 164 valence electrons. The number of para-hydroxylation sites is 1. The molecule has 1 amide bonds. The van der Waals surface area contributed by atoms with Gasteiger partial charge in [0.15, 0.2) is 0 Å². The molecule has 33 heavy (non-hydrogen) atoms. The Morgan fingerprint density at radius 3 is 2.27 bits per heavy atom. The van der Waals surface area contributed by atoms with E-state index in [2.05, 4.69) is 39.7 Å². The summed E-state index contributed by atoms with van der Waals surface area (Å²) in [6, 6.07) is 27.9. The highest BCUT2D eigenvalue weighted by Gasteiger charge is 2.20. The van der Waals surface area contributed by atoms with E-state index in [1.54, 1.807) is 11.6 Å². The maximum atomic E-state index is 13.0. The Labute approximate surface area is 195 Å². The number of fused-ring (bicyclic) bond motifs is 1. The van der Waals surface area contributed by atoms with E-state index in [-0.39, 0.29) is 11.8 Å². The smallest absolute Gasteiger partial charge is 0.250 e. The fraction of sp³-hybridized carbons (Fsp3) is 0.115. The first-order valence-corrected chi connectivity index (χ1v) is 11.5. The van der Waals surface area contributed by atoms with Gasteiger partial charge in [-0.2, -0.15) is 4.98 Å². The molecule has 5 rings (SSSR count). The van der Waals surface area contributed by atoms with Crippen molar-refractivity contribution in [1.29, 1.82) is 0 Å². The fourth-order valence-electron chi connectivity index (χ4n) is 3.94. The third-order valence-electron chi connectivity index (χ3n) is 5.51. The second-order valence-corrected chi connectivity index (χ2v) is 8.41. The average molecular weight is 455 g/mol. The lowest BCUT2D eigenvalue weighted by molar-refractivity contribution is -0.116. The Kier molecular flexibility index (Phi) is 5.87. The molecule has 2 aromatic heterocycles. The Morgan fingerprint density at radius 2 is 1.61 bits per heavy atom. The van der Waals surface area contributed by atoms with Crippen molar-refractivity contribution in [3.05, 3.63) is 101 Å². The number of carbonyl (C=O) groups is 1. The summed E-state index contributed by atoms with van der Waals surface area (Å²) < 4.78 is 7.23. The molecular weight excluding hydrogens is 432 g/mol. The van der Waals surface area contributed by atoms with Crippen LogP contribution in [0.4, 0.5) is 5.95 Å². The number of aromatic nitrogens is 3. The normalized spacial score (nSPS) is 11.1. The number of methoxy groups -OCH3 is 1. The van der Waals surface area contributed by atoms with Gasteiger partial charge in [0, 0.05) is 23.3 Å². The van der Waals surface area contributed by atoms with Crippen molar-refractivity contribution < 1.29 is 9.53 Å². The van der Waals surface area contributed by atoms with Gasteiger partial charge < -0.3 is 4.74 Å². The predicted octanol–water partition coefficient (Wildman–Crippen LogP) is 5.63. The Balaban J connectivity index is 1.39. The second kappa shape index (κ2) is 9.26. The van der Waals surface area contributed by atoms with E-state index in [1.807, 2.05) is 66.0 Å². The predicted molar refractivity (Wildman–Crippen MR) is 131 cm³/mol. The van der Waals surface area contributed by atoms with Crippen molar-refractivity contribution >= 4 is 28.2 Å². The monoisotopic (exact) mass is 454 g/mol. The Hall–Kier alpha value is -3.97. The number of carbonyl (C=O) groups excluding carboxylic acids is 1. The lowest BCUT2D eigenvalue weighted by Crippen LogP contribution is -2.17. The van der Waals surface area contributed by atoms with Crippen LogP contribution in [0.3, 0.4) is 0 Å². The van der Waals surface area contributed by atoms with Gasteiger partial charge in [-0.3, -0.25) is 10.1 Å². The number of nitrogens with zero attached hydrogens (tertiary/aromatic N) is 3. The average Bonchev–Trinajstić information content (AvgIpc) is 3.44. The van der Waals surface area contributed by atoms with Gasteiger partial charge in [0.25, 0.3) is 0 Å². The minimum atomic E-state index is -0.134. The van der Waals surface area contributed by atoms with Crippen molar-refractivity contribution in [3.63, 3.8) is 0 Å². The van der Waals surface area contributed by atoms with Crippen molar-refractivity contribution in [1.82, 2.24) is 14.6 Å². The van der Waals surface area contributed by atoms with Gasteiger partial charge in [0.2, 0.25) is 16.8 Å². The van der Waals surface area contributed by atoms with Gasteiger partial charge >= 0.3 is 0 Å². The summed E-state index contributed by atoms with van der Waals surface area (Å²) in [6.07, 6.45) is 0.292. The third-order valence-corrected chi connectivity index (χ3v) is 6.33. The Bertz CT molecular complexity index is 1340. The van der Waals surface area contributed by atoms with Crippen LogP contribution in [0.1, 0.15) is 23.5 Å². The molecule has 5 aromatic rings. The lowest BCUT2D eigenvalue weighted by Gasteiger charge is -2.17. The minimum absolute atomic E-state index is 0.0553. The van der Waals surface area contributed by atoms with Gasteiger partial charge in [-0.15, -0.1) is 16.4 Å². The van der Waals surface area contributed by atoms with Crippen LogP contribution in [-0.2, 0) is 4.79 Å². The van der Waals surface area contributed by atoms with Crippen molar-refractivity contribution in [2.45, 2.75) is 12.3 Å². The zero-order valence-electron chi connectivity index (χ0n) is 18.0. The van der Waals surface area contributed by atoms with Crippen LogP contribution in [-0.4, -0.2) is 27.6 Å². The number of hydrogen-bond acceptors (Lipinski definition) is 5. The SMILES string of the molecule is COc1ccccc1-c1csc2nc(NC(=O)CC(c3ccccc3)c3ccccc3)nn12. The summed E-state index contributed by atoms with van der Waals surface area (Å²) >= 11 is 1.47. The number of hydrogen-bond donors (Lipinski definition) is 1. The molecule has 0 atom stereocenters. The zero-order valence-corrected chi connectivity index (χ0v) is 18.8. The number of anilines is 1. The largest absolute Gasteiger partial charge is 0.496 e. The maximum absolute atomic E-state index is 13.0. The van der Waals surface area contributed by atoms with Crippen LogP contribution in [0.2, 0.25) is 0 Å². The molecule has 6 nitrogen and oxygen atoms in total.